The lowest BCUT2D eigenvalue weighted by Gasteiger charge is -2.45. The highest BCUT2D eigenvalue weighted by Crippen LogP contribution is 2.24. The van der Waals surface area contributed by atoms with E-state index < -0.39 is 0 Å². The minimum Gasteiger partial charge on any atom is -0.310 e. The standard InChI is InChI=1S/C12H26N2/c1-6-12(7-2)9-13-10(8-14-12)11(3,4)5/h10,13-14H,6-9H2,1-5H3. The van der Waals surface area contributed by atoms with Gasteiger partial charge in [0.1, 0.15) is 0 Å². The molecule has 0 spiro atoms. The second kappa shape index (κ2) is 4.19. The third-order valence-electron chi connectivity index (χ3n) is 3.77. The molecule has 2 N–H and O–H groups in total. The zero-order valence-corrected chi connectivity index (χ0v) is 10.4. The molecule has 1 unspecified atom stereocenters. The maximum Gasteiger partial charge on any atom is 0.0301 e. The van der Waals surface area contributed by atoms with E-state index in [0.29, 0.717) is 17.0 Å². The summed E-state index contributed by atoms with van der Waals surface area (Å²) in [6.07, 6.45) is 2.43. The largest absolute Gasteiger partial charge is 0.310 e. The highest BCUT2D eigenvalue weighted by Gasteiger charge is 2.35. The number of rotatable bonds is 2. The minimum absolute atomic E-state index is 0.349. The molecule has 0 aromatic carbocycles. The van der Waals surface area contributed by atoms with Crippen LogP contribution in [0.5, 0.6) is 0 Å². The van der Waals surface area contributed by atoms with Gasteiger partial charge in [-0.05, 0) is 18.3 Å². The third-order valence-corrected chi connectivity index (χ3v) is 3.77. The van der Waals surface area contributed by atoms with Gasteiger partial charge in [0.2, 0.25) is 0 Å². The topological polar surface area (TPSA) is 24.1 Å². The van der Waals surface area contributed by atoms with E-state index in [1.807, 2.05) is 0 Å². The molecule has 0 aromatic rings. The molecule has 84 valence electrons. The lowest BCUT2D eigenvalue weighted by Crippen LogP contribution is -2.65. The van der Waals surface area contributed by atoms with Gasteiger partial charge in [0.15, 0.2) is 0 Å². The van der Waals surface area contributed by atoms with Crippen molar-refractivity contribution in [3.05, 3.63) is 0 Å². The van der Waals surface area contributed by atoms with Crippen LogP contribution in [0, 0.1) is 5.41 Å². The predicted octanol–water partition coefficient (Wildman–Crippen LogP) is 2.15. The quantitative estimate of drug-likeness (QED) is 0.710. The Morgan fingerprint density at radius 1 is 1.21 bits per heavy atom. The summed E-state index contributed by atoms with van der Waals surface area (Å²) in [4.78, 5) is 0. The van der Waals surface area contributed by atoms with Gasteiger partial charge in [0, 0.05) is 24.7 Å². The summed E-state index contributed by atoms with van der Waals surface area (Å²) < 4.78 is 0. The molecule has 1 fully saturated rings. The SMILES string of the molecule is CCC1(CC)CNC(C(C)(C)C)CN1. The first kappa shape index (κ1) is 12.0. The maximum atomic E-state index is 3.73. The maximum absolute atomic E-state index is 3.73. The van der Waals surface area contributed by atoms with E-state index in [1.54, 1.807) is 0 Å². The molecule has 0 bridgehead atoms. The highest BCUT2D eigenvalue weighted by molar-refractivity contribution is 4.97. The first-order chi connectivity index (χ1) is 6.43. The van der Waals surface area contributed by atoms with Gasteiger partial charge >= 0.3 is 0 Å². The molecular formula is C12H26N2. The second-order valence-corrected chi connectivity index (χ2v) is 5.67. The fourth-order valence-electron chi connectivity index (χ4n) is 2.13. The van der Waals surface area contributed by atoms with Crippen molar-refractivity contribution in [2.75, 3.05) is 13.1 Å². The molecule has 14 heavy (non-hydrogen) atoms. The average molecular weight is 198 g/mol. The van der Waals surface area contributed by atoms with Gasteiger partial charge in [0.05, 0.1) is 0 Å². The monoisotopic (exact) mass is 198 g/mol. The first-order valence-corrected chi connectivity index (χ1v) is 5.92. The van der Waals surface area contributed by atoms with Crippen LogP contribution >= 0.6 is 0 Å². The average Bonchev–Trinajstić information content (AvgIpc) is 2.16. The zero-order chi connectivity index (χ0) is 10.8. The van der Waals surface area contributed by atoms with Crippen LogP contribution in [-0.4, -0.2) is 24.7 Å². The Kier molecular flexibility index (Phi) is 3.59. The Morgan fingerprint density at radius 3 is 2.07 bits per heavy atom. The molecule has 2 heteroatoms. The molecule has 1 rings (SSSR count). The summed E-state index contributed by atoms with van der Waals surface area (Å²) in [5.41, 5.74) is 0.711. The second-order valence-electron chi connectivity index (χ2n) is 5.67. The smallest absolute Gasteiger partial charge is 0.0301 e. The molecule has 1 heterocycles. The van der Waals surface area contributed by atoms with E-state index in [0.717, 1.165) is 13.1 Å². The molecule has 0 aliphatic carbocycles. The van der Waals surface area contributed by atoms with Crippen LogP contribution in [0.1, 0.15) is 47.5 Å². The third kappa shape index (κ3) is 2.48. The fraction of sp³-hybridized carbons (Fsp3) is 1.00. The summed E-state index contributed by atoms with van der Waals surface area (Å²) in [6, 6.07) is 0.605. The van der Waals surface area contributed by atoms with Crippen LogP contribution in [0.2, 0.25) is 0 Å². The Labute approximate surface area is 88.8 Å². The predicted molar refractivity (Wildman–Crippen MR) is 62.6 cm³/mol. The normalized spacial score (nSPS) is 27.6. The molecular weight excluding hydrogens is 172 g/mol. The summed E-state index contributed by atoms with van der Waals surface area (Å²) in [7, 11) is 0. The van der Waals surface area contributed by atoms with E-state index in [9.17, 15) is 0 Å². The van der Waals surface area contributed by atoms with Crippen molar-refractivity contribution in [3.63, 3.8) is 0 Å². The van der Waals surface area contributed by atoms with Crippen LogP contribution in [0.4, 0.5) is 0 Å². The van der Waals surface area contributed by atoms with Gasteiger partial charge in [-0.15, -0.1) is 0 Å². The van der Waals surface area contributed by atoms with E-state index in [-0.39, 0.29) is 0 Å². The Hall–Kier alpha value is -0.0800. The van der Waals surface area contributed by atoms with E-state index in [1.165, 1.54) is 12.8 Å². The molecule has 0 saturated carbocycles. The summed E-state index contributed by atoms with van der Waals surface area (Å²) in [5.74, 6) is 0. The molecule has 1 atom stereocenters. The van der Waals surface area contributed by atoms with Gasteiger partial charge < -0.3 is 10.6 Å². The molecule has 2 nitrogen and oxygen atoms in total. The Bertz CT molecular complexity index is 167. The molecule has 0 radical (unpaired) electrons. The summed E-state index contributed by atoms with van der Waals surface area (Å²) in [5, 5.41) is 7.42. The van der Waals surface area contributed by atoms with E-state index in [4.69, 9.17) is 0 Å². The van der Waals surface area contributed by atoms with Crippen LogP contribution in [0.15, 0.2) is 0 Å². The van der Waals surface area contributed by atoms with Crippen molar-refractivity contribution in [1.82, 2.24) is 10.6 Å². The van der Waals surface area contributed by atoms with Crippen molar-refractivity contribution in [2.45, 2.75) is 59.0 Å². The molecule has 1 aliphatic heterocycles. The zero-order valence-electron chi connectivity index (χ0n) is 10.4. The Morgan fingerprint density at radius 2 is 1.79 bits per heavy atom. The highest BCUT2D eigenvalue weighted by atomic mass is 15.1. The lowest BCUT2D eigenvalue weighted by molar-refractivity contribution is 0.155. The Balaban J connectivity index is 2.53. The van der Waals surface area contributed by atoms with Gasteiger partial charge in [-0.3, -0.25) is 0 Å². The van der Waals surface area contributed by atoms with Crippen LogP contribution in [0.3, 0.4) is 0 Å². The molecule has 1 aliphatic rings. The van der Waals surface area contributed by atoms with Crippen LogP contribution in [0.25, 0.3) is 0 Å². The number of hydrogen-bond donors (Lipinski definition) is 2. The summed E-state index contributed by atoms with van der Waals surface area (Å²) >= 11 is 0. The number of nitrogens with one attached hydrogen (secondary N) is 2. The van der Waals surface area contributed by atoms with Crippen LogP contribution in [-0.2, 0) is 0 Å². The molecule has 0 amide bonds. The van der Waals surface area contributed by atoms with Crippen molar-refractivity contribution in [3.8, 4) is 0 Å². The van der Waals surface area contributed by atoms with E-state index in [2.05, 4.69) is 45.3 Å². The minimum atomic E-state index is 0.349. The number of hydrogen-bond acceptors (Lipinski definition) is 2. The van der Waals surface area contributed by atoms with Gasteiger partial charge in [-0.1, -0.05) is 34.6 Å². The molecule has 0 aromatic heterocycles. The fourth-order valence-corrected chi connectivity index (χ4v) is 2.13. The van der Waals surface area contributed by atoms with Crippen molar-refractivity contribution in [1.29, 1.82) is 0 Å². The summed E-state index contributed by atoms with van der Waals surface area (Å²) in [6.45, 7) is 13.7. The first-order valence-electron chi connectivity index (χ1n) is 5.92. The van der Waals surface area contributed by atoms with Crippen molar-refractivity contribution >= 4 is 0 Å². The number of piperazine rings is 1. The van der Waals surface area contributed by atoms with E-state index >= 15 is 0 Å². The van der Waals surface area contributed by atoms with Gasteiger partial charge in [-0.25, -0.2) is 0 Å². The van der Waals surface area contributed by atoms with Crippen molar-refractivity contribution < 1.29 is 0 Å². The van der Waals surface area contributed by atoms with Crippen LogP contribution < -0.4 is 10.6 Å². The van der Waals surface area contributed by atoms with Gasteiger partial charge in [0.25, 0.3) is 0 Å². The molecule has 1 saturated heterocycles. The lowest BCUT2D eigenvalue weighted by atomic mass is 9.81. The van der Waals surface area contributed by atoms with Crippen molar-refractivity contribution in [2.24, 2.45) is 5.41 Å². The van der Waals surface area contributed by atoms with Gasteiger partial charge in [-0.2, -0.15) is 0 Å².